The van der Waals surface area contributed by atoms with Crippen molar-refractivity contribution < 1.29 is 0 Å². The molecule has 0 radical (unpaired) electrons. The summed E-state index contributed by atoms with van der Waals surface area (Å²) < 4.78 is 0. The van der Waals surface area contributed by atoms with E-state index < -0.39 is 0 Å². The van der Waals surface area contributed by atoms with Crippen LogP contribution >= 0.6 is 0 Å². The number of hydrogen-bond acceptors (Lipinski definition) is 1. The molecule has 1 atom stereocenters. The number of hydrogen-bond donors (Lipinski definition) is 1. The predicted molar refractivity (Wildman–Crippen MR) is 81.0 cm³/mol. The average Bonchev–Trinajstić information content (AvgIpc) is 2.39. The summed E-state index contributed by atoms with van der Waals surface area (Å²) in [6, 6.07) is 9.41. The summed E-state index contributed by atoms with van der Waals surface area (Å²) in [6.07, 6.45) is 4.91. The molecule has 0 aliphatic rings. The van der Waals surface area contributed by atoms with Crippen LogP contribution in [0.4, 0.5) is 0 Å². The lowest BCUT2D eigenvalue weighted by molar-refractivity contribution is 0.332. The molecule has 0 heterocycles. The summed E-state index contributed by atoms with van der Waals surface area (Å²) in [7, 11) is 0. The molecule has 1 heteroatoms. The fourth-order valence-electron chi connectivity index (χ4n) is 2.67. The molecule has 0 aliphatic heterocycles. The summed E-state index contributed by atoms with van der Waals surface area (Å²) in [5.74, 6) is 0.788. The lowest BCUT2D eigenvalue weighted by Gasteiger charge is -2.27. The van der Waals surface area contributed by atoms with E-state index in [1.807, 2.05) is 0 Å². The van der Waals surface area contributed by atoms with Gasteiger partial charge in [0.15, 0.2) is 0 Å². The van der Waals surface area contributed by atoms with E-state index in [1.165, 1.54) is 36.8 Å². The second-order valence-electron chi connectivity index (χ2n) is 5.27. The van der Waals surface area contributed by atoms with Crippen molar-refractivity contribution in [1.82, 2.24) is 5.32 Å². The van der Waals surface area contributed by atoms with E-state index in [0.29, 0.717) is 6.04 Å². The first-order valence-electron chi connectivity index (χ1n) is 7.50. The molecule has 1 aromatic rings. The van der Waals surface area contributed by atoms with Gasteiger partial charge in [0.05, 0.1) is 0 Å². The van der Waals surface area contributed by atoms with Gasteiger partial charge in [-0.1, -0.05) is 57.9 Å². The van der Waals surface area contributed by atoms with Crippen molar-refractivity contribution in [1.29, 1.82) is 0 Å². The predicted octanol–water partition coefficient (Wildman–Crippen LogP) is 4.34. The summed E-state index contributed by atoms with van der Waals surface area (Å²) in [6.45, 7) is 10.2. The summed E-state index contributed by atoms with van der Waals surface area (Å²) in [5.41, 5.74) is 2.92. The maximum absolute atomic E-state index is 3.75. The van der Waals surface area contributed by atoms with Crippen LogP contribution in [-0.2, 0) is 6.42 Å². The molecule has 1 rings (SSSR count). The minimum Gasteiger partial charge on any atom is -0.313 e. The van der Waals surface area contributed by atoms with Gasteiger partial charge in [-0.2, -0.15) is 0 Å². The fraction of sp³-hybridized carbons (Fsp3) is 0.647. The monoisotopic (exact) mass is 247 g/mol. The van der Waals surface area contributed by atoms with Crippen LogP contribution in [0.15, 0.2) is 24.3 Å². The van der Waals surface area contributed by atoms with Crippen molar-refractivity contribution in [2.75, 3.05) is 6.54 Å². The maximum Gasteiger partial charge on any atom is 0.0136 e. The van der Waals surface area contributed by atoms with Gasteiger partial charge in [0.2, 0.25) is 0 Å². The number of nitrogens with one attached hydrogen (secondary N) is 1. The Balaban J connectivity index is 2.74. The van der Waals surface area contributed by atoms with Gasteiger partial charge in [-0.25, -0.2) is 0 Å². The van der Waals surface area contributed by atoms with E-state index in [1.54, 1.807) is 0 Å². The normalized spacial score (nSPS) is 12.9. The SMILES string of the molecule is CCCNC(Cc1ccccc1C)C(CC)CC. The van der Waals surface area contributed by atoms with Crippen LogP contribution in [0.25, 0.3) is 0 Å². The van der Waals surface area contributed by atoms with Gasteiger partial charge in [-0.15, -0.1) is 0 Å². The average molecular weight is 247 g/mol. The van der Waals surface area contributed by atoms with E-state index in [-0.39, 0.29) is 0 Å². The summed E-state index contributed by atoms with van der Waals surface area (Å²) >= 11 is 0. The van der Waals surface area contributed by atoms with Crippen LogP contribution in [0, 0.1) is 12.8 Å². The quantitative estimate of drug-likeness (QED) is 0.720. The van der Waals surface area contributed by atoms with E-state index in [2.05, 4.69) is 57.3 Å². The molecule has 0 saturated heterocycles. The minimum absolute atomic E-state index is 0.626. The molecule has 0 saturated carbocycles. The van der Waals surface area contributed by atoms with Crippen LogP contribution in [-0.4, -0.2) is 12.6 Å². The molecule has 0 aromatic heterocycles. The Morgan fingerprint density at radius 3 is 2.28 bits per heavy atom. The Bertz CT molecular complexity index is 328. The van der Waals surface area contributed by atoms with Gasteiger partial charge < -0.3 is 5.32 Å². The second-order valence-corrected chi connectivity index (χ2v) is 5.27. The molecule has 0 bridgehead atoms. The van der Waals surface area contributed by atoms with Crippen molar-refractivity contribution in [2.24, 2.45) is 5.92 Å². The van der Waals surface area contributed by atoms with Gasteiger partial charge in [-0.05, 0) is 43.4 Å². The first-order valence-corrected chi connectivity index (χ1v) is 7.50. The second kappa shape index (κ2) is 8.31. The first-order chi connectivity index (χ1) is 8.72. The molecule has 1 unspecified atom stereocenters. The highest BCUT2D eigenvalue weighted by atomic mass is 14.9. The molecule has 0 spiro atoms. The molecule has 102 valence electrons. The molecule has 1 nitrogen and oxygen atoms in total. The molecule has 0 fully saturated rings. The molecule has 0 aliphatic carbocycles. The Morgan fingerprint density at radius 1 is 1.06 bits per heavy atom. The van der Waals surface area contributed by atoms with Gasteiger partial charge in [0.25, 0.3) is 0 Å². The Kier molecular flexibility index (Phi) is 7.04. The van der Waals surface area contributed by atoms with Crippen molar-refractivity contribution in [3.05, 3.63) is 35.4 Å². The largest absolute Gasteiger partial charge is 0.313 e. The smallest absolute Gasteiger partial charge is 0.0136 e. The Morgan fingerprint density at radius 2 is 1.72 bits per heavy atom. The highest BCUT2D eigenvalue weighted by Gasteiger charge is 2.18. The molecular formula is C17H29N. The third-order valence-corrected chi connectivity index (χ3v) is 3.98. The summed E-state index contributed by atoms with van der Waals surface area (Å²) in [4.78, 5) is 0. The maximum atomic E-state index is 3.75. The number of rotatable bonds is 8. The van der Waals surface area contributed by atoms with Crippen molar-refractivity contribution in [3.63, 3.8) is 0 Å². The third kappa shape index (κ3) is 4.45. The topological polar surface area (TPSA) is 12.0 Å². The molecule has 18 heavy (non-hydrogen) atoms. The Labute approximate surface area is 113 Å². The summed E-state index contributed by atoms with van der Waals surface area (Å²) in [5, 5.41) is 3.75. The van der Waals surface area contributed by atoms with Crippen molar-refractivity contribution >= 4 is 0 Å². The van der Waals surface area contributed by atoms with Crippen LogP contribution in [0.5, 0.6) is 0 Å². The molecule has 1 aromatic carbocycles. The van der Waals surface area contributed by atoms with E-state index in [9.17, 15) is 0 Å². The van der Waals surface area contributed by atoms with Gasteiger partial charge in [0, 0.05) is 6.04 Å². The Hall–Kier alpha value is -0.820. The van der Waals surface area contributed by atoms with Gasteiger partial charge in [0.1, 0.15) is 0 Å². The van der Waals surface area contributed by atoms with E-state index in [4.69, 9.17) is 0 Å². The lowest BCUT2D eigenvalue weighted by atomic mass is 9.88. The van der Waals surface area contributed by atoms with Crippen molar-refractivity contribution in [2.45, 2.75) is 59.4 Å². The van der Waals surface area contributed by atoms with Crippen molar-refractivity contribution in [3.8, 4) is 0 Å². The van der Waals surface area contributed by atoms with E-state index in [0.717, 1.165) is 12.5 Å². The lowest BCUT2D eigenvalue weighted by Crippen LogP contribution is -2.38. The van der Waals surface area contributed by atoms with Gasteiger partial charge >= 0.3 is 0 Å². The van der Waals surface area contributed by atoms with E-state index >= 15 is 0 Å². The third-order valence-electron chi connectivity index (χ3n) is 3.98. The zero-order valence-electron chi connectivity index (χ0n) is 12.5. The fourth-order valence-corrected chi connectivity index (χ4v) is 2.67. The zero-order valence-corrected chi connectivity index (χ0v) is 12.5. The molecule has 1 N–H and O–H groups in total. The molecular weight excluding hydrogens is 218 g/mol. The zero-order chi connectivity index (χ0) is 13.4. The number of aryl methyl sites for hydroxylation is 1. The standard InChI is InChI=1S/C17H29N/c1-5-12-18-17(15(6-2)7-3)13-16-11-9-8-10-14(16)4/h8-11,15,17-18H,5-7,12-13H2,1-4H3. The first kappa shape index (κ1) is 15.2. The van der Waals surface area contributed by atoms with Crippen LogP contribution in [0.1, 0.15) is 51.2 Å². The highest BCUT2D eigenvalue weighted by molar-refractivity contribution is 5.26. The van der Waals surface area contributed by atoms with Gasteiger partial charge in [-0.3, -0.25) is 0 Å². The minimum atomic E-state index is 0.626. The highest BCUT2D eigenvalue weighted by Crippen LogP contribution is 2.19. The van der Waals surface area contributed by atoms with Crippen LogP contribution in [0.2, 0.25) is 0 Å². The van der Waals surface area contributed by atoms with Crippen LogP contribution < -0.4 is 5.32 Å². The molecule has 0 amide bonds. The van der Waals surface area contributed by atoms with Crippen LogP contribution in [0.3, 0.4) is 0 Å². The number of benzene rings is 1.